The summed E-state index contributed by atoms with van der Waals surface area (Å²) in [6, 6.07) is 0. The molecule has 0 N–H and O–H groups in total. The number of piperidine rings is 1. The van der Waals surface area contributed by atoms with Crippen LogP contribution in [0.5, 0.6) is 0 Å². The Labute approximate surface area is 112 Å². The zero-order valence-corrected chi connectivity index (χ0v) is 11.7. The van der Waals surface area contributed by atoms with E-state index in [9.17, 15) is 0 Å². The Balaban J connectivity index is 1.38. The van der Waals surface area contributed by atoms with Gasteiger partial charge in [0.2, 0.25) is 0 Å². The molecule has 0 aromatic heterocycles. The highest BCUT2D eigenvalue weighted by molar-refractivity contribution is 5.32. The Morgan fingerprint density at radius 3 is 2.67 bits per heavy atom. The SMILES string of the molecule is C1=C(CCCN2CCCCC2)CC2=C(C1)CCC2. The van der Waals surface area contributed by atoms with Crippen molar-refractivity contribution in [2.45, 2.75) is 64.2 Å². The molecule has 1 heteroatoms. The first-order chi connectivity index (χ1) is 8.92. The van der Waals surface area contributed by atoms with Gasteiger partial charge >= 0.3 is 0 Å². The maximum absolute atomic E-state index is 2.67. The van der Waals surface area contributed by atoms with Crippen LogP contribution in [0.4, 0.5) is 0 Å². The normalized spacial score (nSPS) is 25.2. The molecule has 0 bridgehead atoms. The van der Waals surface area contributed by atoms with Crippen molar-refractivity contribution >= 4 is 0 Å². The molecular weight excluding hydrogens is 218 g/mol. The van der Waals surface area contributed by atoms with Gasteiger partial charge in [0.1, 0.15) is 0 Å². The van der Waals surface area contributed by atoms with Gasteiger partial charge in [-0.15, -0.1) is 0 Å². The molecule has 0 saturated carbocycles. The number of likely N-dealkylation sites (tertiary alicyclic amines) is 1. The van der Waals surface area contributed by atoms with E-state index in [1.165, 1.54) is 83.8 Å². The highest BCUT2D eigenvalue weighted by atomic mass is 15.1. The Kier molecular flexibility index (Phi) is 4.20. The maximum atomic E-state index is 2.67. The van der Waals surface area contributed by atoms with Crippen molar-refractivity contribution in [1.29, 1.82) is 0 Å². The number of hydrogen-bond acceptors (Lipinski definition) is 1. The van der Waals surface area contributed by atoms with E-state index in [-0.39, 0.29) is 0 Å². The number of hydrogen-bond donors (Lipinski definition) is 0. The minimum Gasteiger partial charge on any atom is -0.303 e. The lowest BCUT2D eigenvalue weighted by atomic mass is 9.91. The Bertz CT molecular complexity index is 345. The van der Waals surface area contributed by atoms with Gasteiger partial charge in [0, 0.05) is 0 Å². The lowest BCUT2D eigenvalue weighted by Crippen LogP contribution is -2.30. The van der Waals surface area contributed by atoms with Crippen molar-refractivity contribution < 1.29 is 0 Å². The van der Waals surface area contributed by atoms with E-state index in [4.69, 9.17) is 0 Å². The molecular formula is C17H27N. The fraction of sp³-hybridized carbons (Fsp3) is 0.765. The van der Waals surface area contributed by atoms with Crippen molar-refractivity contribution in [3.8, 4) is 0 Å². The monoisotopic (exact) mass is 245 g/mol. The molecule has 18 heavy (non-hydrogen) atoms. The predicted molar refractivity (Wildman–Crippen MR) is 77.7 cm³/mol. The molecule has 1 saturated heterocycles. The van der Waals surface area contributed by atoms with Crippen LogP contribution >= 0.6 is 0 Å². The van der Waals surface area contributed by atoms with Crippen molar-refractivity contribution in [2.75, 3.05) is 19.6 Å². The summed E-state index contributed by atoms with van der Waals surface area (Å²) in [4.78, 5) is 2.67. The smallest absolute Gasteiger partial charge is 0.00157 e. The van der Waals surface area contributed by atoms with Gasteiger partial charge in [0.25, 0.3) is 0 Å². The van der Waals surface area contributed by atoms with Crippen molar-refractivity contribution in [2.24, 2.45) is 0 Å². The first-order valence-corrected chi connectivity index (χ1v) is 8.02. The largest absolute Gasteiger partial charge is 0.303 e. The maximum Gasteiger partial charge on any atom is -0.00157 e. The lowest BCUT2D eigenvalue weighted by molar-refractivity contribution is 0.226. The van der Waals surface area contributed by atoms with Gasteiger partial charge in [-0.25, -0.2) is 0 Å². The van der Waals surface area contributed by atoms with Gasteiger partial charge < -0.3 is 4.90 Å². The van der Waals surface area contributed by atoms with Crippen molar-refractivity contribution in [3.05, 3.63) is 22.8 Å². The zero-order chi connectivity index (χ0) is 12.2. The van der Waals surface area contributed by atoms with Crippen molar-refractivity contribution in [3.63, 3.8) is 0 Å². The molecule has 1 heterocycles. The lowest BCUT2D eigenvalue weighted by Gasteiger charge is -2.26. The average molecular weight is 245 g/mol. The Hall–Kier alpha value is -0.560. The van der Waals surface area contributed by atoms with E-state index in [0.717, 1.165) is 0 Å². The second kappa shape index (κ2) is 6.06. The summed E-state index contributed by atoms with van der Waals surface area (Å²) < 4.78 is 0. The first-order valence-electron chi connectivity index (χ1n) is 8.02. The molecule has 0 aromatic rings. The third-order valence-corrected chi connectivity index (χ3v) is 4.96. The molecule has 3 rings (SSSR count). The Morgan fingerprint density at radius 1 is 0.944 bits per heavy atom. The quantitative estimate of drug-likeness (QED) is 0.661. The number of rotatable bonds is 4. The van der Waals surface area contributed by atoms with Gasteiger partial charge in [0.15, 0.2) is 0 Å². The van der Waals surface area contributed by atoms with Crippen LogP contribution in [0.15, 0.2) is 22.8 Å². The summed E-state index contributed by atoms with van der Waals surface area (Å²) >= 11 is 0. The molecule has 2 aliphatic carbocycles. The van der Waals surface area contributed by atoms with E-state index in [2.05, 4.69) is 11.0 Å². The van der Waals surface area contributed by atoms with Crippen LogP contribution in [0, 0.1) is 0 Å². The summed E-state index contributed by atoms with van der Waals surface area (Å²) in [6.45, 7) is 4.05. The first kappa shape index (κ1) is 12.5. The van der Waals surface area contributed by atoms with Crippen LogP contribution < -0.4 is 0 Å². The van der Waals surface area contributed by atoms with Gasteiger partial charge in [-0.3, -0.25) is 0 Å². The molecule has 100 valence electrons. The van der Waals surface area contributed by atoms with Crippen LogP contribution in [0.25, 0.3) is 0 Å². The van der Waals surface area contributed by atoms with E-state index in [0.29, 0.717) is 0 Å². The summed E-state index contributed by atoms with van der Waals surface area (Å²) in [5.41, 5.74) is 5.34. The molecule has 0 atom stereocenters. The molecule has 1 fully saturated rings. The minimum absolute atomic E-state index is 1.29. The fourth-order valence-corrected chi connectivity index (χ4v) is 3.85. The van der Waals surface area contributed by atoms with E-state index in [1.54, 1.807) is 11.1 Å². The molecule has 0 aromatic carbocycles. The predicted octanol–water partition coefficient (Wildman–Crippen LogP) is 4.45. The third-order valence-electron chi connectivity index (χ3n) is 4.96. The highest BCUT2D eigenvalue weighted by Gasteiger charge is 2.18. The highest BCUT2D eigenvalue weighted by Crippen LogP contribution is 2.37. The summed E-state index contributed by atoms with van der Waals surface area (Å²) in [7, 11) is 0. The molecule has 0 amide bonds. The second-order valence-electron chi connectivity index (χ2n) is 6.31. The molecule has 1 nitrogen and oxygen atoms in total. The molecule has 0 unspecified atom stereocenters. The number of nitrogens with zero attached hydrogens (tertiary/aromatic N) is 1. The summed E-state index contributed by atoms with van der Waals surface area (Å²) in [5, 5.41) is 0. The van der Waals surface area contributed by atoms with Gasteiger partial charge in [-0.2, -0.15) is 0 Å². The topological polar surface area (TPSA) is 3.24 Å². The van der Waals surface area contributed by atoms with Gasteiger partial charge in [0.05, 0.1) is 0 Å². The van der Waals surface area contributed by atoms with E-state index >= 15 is 0 Å². The van der Waals surface area contributed by atoms with Crippen LogP contribution in [-0.4, -0.2) is 24.5 Å². The average Bonchev–Trinajstić information content (AvgIpc) is 2.87. The standard InChI is InChI=1S/C17H27N/c1-2-11-18(12-3-1)13-5-6-15-9-10-16-7-4-8-17(16)14-15/h9H,1-8,10-14H2. The molecule has 3 aliphatic rings. The Morgan fingerprint density at radius 2 is 1.78 bits per heavy atom. The van der Waals surface area contributed by atoms with Crippen LogP contribution in [0.1, 0.15) is 64.2 Å². The van der Waals surface area contributed by atoms with Crippen molar-refractivity contribution in [1.82, 2.24) is 4.90 Å². The second-order valence-corrected chi connectivity index (χ2v) is 6.31. The fourth-order valence-electron chi connectivity index (χ4n) is 3.85. The summed E-state index contributed by atoms with van der Waals surface area (Å²) in [6.07, 6.45) is 16.4. The van der Waals surface area contributed by atoms with Crippen LogP contribution in [0.3, 0.4) is 0 Å². The number of allylic oxidation sites excluding steroid dienone is 4. The summed E-state index contributed by atoms with van der Waals surface area (Å²) in [5.74, 6) is 0. The molecule has 0 radical (unpaired) electrons. The van der Waals surface area contributed by atoms with E-state index < -0.39 is 0 Å². The van der Waals surface area contributed by atoms with Crippen LogP contribution in [0.2, 0.25) is 0 Å². The van der Waals surface area contributed by atoms with Gasteiger partial charge in [-0.05, 0) is 77.4 Å². The minimum atomic E-state index is 1.29. The molecule has 1 aliphatic heterocycles. The third kappa shape index (κ3) is 3.06. The van der Waals surface area contributed by atoms with Crippen LogP contribution in [-0.2, 0) is 0 Å². The van der Waals surface area contributed by atoms with E-state index in [1.807, 2.05) is 5.57 Å². The zero-order valence-electron chi connectivity index (χ0n) is 11.7. The molecule has 0 spiro atoms. The van der Waals surface area contributed by atoms with Gasteiger partial charge in [-0.1, -0.05) is 29.2 Å².